The van der Waals surface area contributed by atoms with Crippen LogP contribution < -0.4 is 4.90 Å². The van der Waals surface area contributed by atoms with Crippen LogP contribution in [0.25, 0.3) is 22.3 Å². The number of benzene rings is 2. The van der Waals surface area contributed by atoms with Gasteiger partial charge in [-0.15, -0.1) is 12.4 Å². The van der Waals surface area contributed by atoms with E-state index in [1.807, 2.05) is 60.5 Å². The van der Waals surface area contributed by atoms with Gasteiger partial charge in [0.25, 0.3) is 0 Å². The molecule has 1 aliphatic heterocycles. The molecule has 2 heterocycles. The number of rotatable bonds is 2. The molecule has 0 saturated heterocycles. The van der Waals surface area contributed by atoms with E-state index >= 15 is 0 Å². The van der Waals surface area contributed by atoms with Crippen LogP contribution in [0.4, 0.5) is 5.69 Å². The molecule has 0 aliphatic carbocycles. The molecule has 1 aliphatic rings. The zero-order valence-corrected chi connectivity index (χ0v) is 16.4. The fourth-order valence-corrected chi connectivity index (χ4v) is 3.15. The normalized spacial score (nSPS) is 12.9. The molecule has 0 unspecified atom stereocenters. The quantitative estimate of drug-likeness (QED) is 0.561. The van der Waals surface area contributed by atoms with Crippen molar-refractivity contribution in [2.75, 3.05) is 4.90 Å². The van der Waals surface area contributed by atoms with E-state index in [9.17, 15) is 5.26 Å². The molecule has 5 nitrogen and oxygen atoms in total. The minimum atomic E-state index is 0. The topological polar surface area (TPSA) is 65.2 Å². The first-order valence-electron chi connectivity index (χ1n) is 8.30. The van der Waals surface area contributed by atoms with Crippen LogP contribution in [0.1, 0.15) is 12.6 Å². The Bertz CT molecular complexity index is 1160. The molecule has 0 radical (unpaired) electrons. The van der Waals surface area contributed by atoms with Crippen LogP contribution >= 0.6 is 24.0 Å². The van der Waals surface area contributed by atoms with Gasteiger partial charge in [-0.1, -0.05) is 41.9 Å². The Morgan fingerprint density at radius 3 is 2.57 bits per heavy atom. The lowest BCUT2D eigenvalue weighted by molar-refractivity contribution is 1.14. The van der Waals surface area contributed by atoms with Gasteiger partial charge in [0.15, 0.2) is 5.69 Å². The van der Waals surface area contributed by atoms with Crippen molar-refractivity contribution in [3.8, 4) is 17.3 Å². The molecule has 3 aromatic rings. The van der Waals surface area contributed by atoms with Crippen LogP contribution in [0, 0.1) is 11.3 Å². The van der Waals surface area contributed by atoms with Gasteiger partial charge in [0, 0.05) is 29.9 Å². The third-order valence-corrected chi connectivity index (χ3v) is 4.50. The third kappa shape index (κ3) is 3.61. The van der Waals surface area contributed by atoms with Gasteiger partial charge in [0.1, 0.15) is 11.8 Å². The number of anilines is 1. The lowest BCUT2D eigenvalue weighted by atomic mass is 10.1. The van der Waals surface area contributed by atoms with Gasteiger partial charge >= 0.3 is 0 Å². The Labute approximate surface area is 173 Å². The molecule has 0 saturated carbocycles. The van der Waals surface area contributed by atoms with Crippen LogP contribution in [0.3, 0.4) is 0 Å². The highest BCUT2D eigenvalue weighted by Crippen LogP contribution is 2.34. The molecule has 0 fully saturated rings. The molecular formula is C21H15Cl2N5. The summed E-state index contributed by atoms with van der Waals surface area (Å²) in [5.74, 6) is 0. The summed E-state index contributed by atoms with van der Waals surface area (Å²) in [4.78, 5) is 15.3. The maximum atomic E-state index is 9.51. The van der Waals surface area contributed by atoms with E-state index in [4.69, 9.17) is 16.6 Å². The second-order valence-corrected chi connectivity index (χ2v) is 6.38. The summed E-state index contributed by atoms with van der Waals surface area (Å²) < 4.78 is 0. The first kappa shape index (κ1) is 19.6. The molecule has 0 amide bonds. The molecule has 0 bridgehead atoms. The van der Waals surface area contributed by atoms with Gasteiger partial charge in [0.2, 0.25) is 0 Å². The first-order valence-corrected chi connectivity index (χ1v) is 8.68. The minimum absolute atomic E-state index is 0. The largest absolute Gasteiger partial charge is 0.318 e. The number of nitrogens with zero attached hydrogens (tertiary/aromatic N) is 5. The Kier molecular flexibility index (Phi) is 5.74. The standard InChI is InChI=1S/C21H14ClN5.ClH/c1-14-13-24-8-5-9-27(14)20-11-18-17(10-16(20)22)25-19(12-23)21(26-18)15-6-3-2-4-7-15;/h2-11,13H,1H3;1H. The number of fused-ring (bicyclic) bond motifs is 1. The van der Waals surface area contributed by atoms with Crippen molar-refractivity contribution < 1.29 is 0 Å². The van der Waals surface area contributed by atoms with E-state index in [0.29, 0.717) is 21.7 Å². The number of allylic oxidation sites excluding steroid dienone is 2. The Morgan fingerprint density at radius 2 is 1.82 bits per heavy atom. The maximum Gasteiger partial charge on any atom is 0.167 e. The maximum absolute atomic E-state index is 9.51. The SMILES string of the molecule is CC1=CN=CC=CN1c1cc2nc(-c3ccccc3)c(C#N)nc2cc1Cl.Cl. The van der Waals surface area contributed by atoms with Crippen LogP contribution in [0.2, 0.25) is 5.02 Å². The molecule has 7 heteroatoms. The van der Waals surface area contributed by atoms with Crippen LogP contribution in [-0.4, -0.2) is 16.2 Å². The second kappa shape index (κ2) is 8.22. The summed E-state index contributed by atoms with van der Waals surface area (Å²) in [6.07, 6.45) is 7.21. The summed E-state index contributed by atoms with van der Waals surface area (Å²) in [6.45, 7) is 1.95. The van der Waals surface area contributed by atoms with Crippen LogP contribution in [0.15, 0.2) is 71.6 Å². The number of nitriles is 1. The minimum Gasteiger partial charge on any atom is -0.318 e. The lowest BCUT2D eigenvalue weighted by Gasteiger charge is -2.21. The highest BCUT2D eigenvalue weighted by atomic mass is 35.5. The van der Waals surface area contributed by atoms with Crippen molar-refractivity contribution in [2.24, 2.45) is 4.99 Å². The summed E-state index contributed by atoms with van der Waals surface area (Å²) in [6, 6.07) is 15.3. The van der Waals surface area contributed by atoms with Crippen molar-refractivity contribution >= 4 is 46.9 Å². The van der Waals surface area contributed by atoms with Gasteiger partial charge in [0.05, 0.1) is 21.7 Å². The third-order valence-electron chi connectivity index (χ3n) is 4.19. The zero-order chi connectivity index (χ0) is 18.8. The molecule has 2 aromatic carbocycles. The number of aromatic nitrogens is 2. The summed E-state index contributed by atoms with van der Waals surface area (Å²) >= 11 is 6.51. The summed E-state index contributed by atoms with van der Waals surface area (Å²) in [7, 11) is 0. The number of aliphatic imine (C=N–C) groups is 1. The Morgan fingerprint density at radius 1 is 1.07 bits per heavy atom. The van der Waals surface area contributed by atoms with E-state index in [2.05, 4.69) is 16.0 Å². The average Bonchev–Trinajstić information content (AvgIpc) is 2.91. The van der Waals surface area contributed by atoms with Crippen molar-refractivity contribution in [1.82, 2.24) is 9.97 Å². The molecule has 0 N–H and O–H groups in total. The number of hydrogen-bond acceptors (Lipinski definition) is 5. The van der Waals surface area contributed by atoms with Crippen LogP contribution in [-0.2, 0) is 0 Å². The first-order chi connectivity index (χ1) is 13.2. The van der Waals surface area contributed by atoms with Gasteiger partial charge < -0.3 is 4.90 Å². The summed E-state index contributed by atoms with van der Waals surface area (Å²) in [5, 5.41) is 10.0. The lowest BCUT2D eigenvalue weighted by Crippen LogP contribution is -2.13. The predicted octanol–water partition coefficient (Wildman–Crippen LogP) is 5.51. The predicted molar refractivity (Wildman–Crippen MR) is 116 cm³/mol. The monoisotopic (exact) mass is 407 g/mol. The van der Waals surface area contributed by atoms with Crippen molar-refractivity contribution in [2.45, 2.75) is 6.92 Å². The molecule has 4 rings (SSSR count). The fraction of sp³-hybridized carbons (Fsp3) is 0.0476. The Hall–Kier alpha value is -3.20. The van der Waals surface area contributed by atoms with E-state index in [0.717, 1.165) is 16.9 Å². The molecule has 28 heavy (non-hydrogen) atoms. The Balaban J connectivity index is 0.00000225. The van der Waals surface area contributed by atoms with Gasteiger partial charge in [-0.25, -0.2) is 9.97 Å². The molecule has 1 aromatic heterocycles. The smallest absolute Gasteiger partial charge is 0.167 e. The molecule has 0 atom stereocenters. The van der Waals surface area contributed by atoms with E-state index < -0.39 is 0 Å². The molecule has 138 valence electrons. The van der Waals surface area contributed by atoms with Crippen LogP contribution in [0.5, 0.6) is 0 Å². The van der Waals surface area contributed by atoms with Gasteiger partial charge in [-0.3, -0.25) is 4.99 Å². The molecule has 0 spiro atoms. The van der Waals surface area contributed by atoms with Crippen molar-refractivity contribution in [1.29, 1.82) is 5.26 Å². The van der Waals surface area contributed by atoms with Gasteiger partial charge in [-0.2, -0.15) is 5.26 Å². The van der Waals surface area contributed by atoms with Gasteiger partial charge in [-0.05, 0) is 25.1 Å². The number of halogens is 2. The average molecular weight is 408 g/mol. The molecular weight excluding hydrogens is 393 g/mol. The van der Waals surface area contributed by atoms with Crippen molar-refractivity contribution in [3.05, 3.63) is 77.4 Å². The second-order valence-electron chi connectivity index (χ2n) is 5.97. The zero-order valence-electron chi connectivity index (χ0n) is 14.9. The van der Waals surface area contributed by atoms with E-state index in [1.54, 1.807) is 18.5 Å². The van der Waals surface area contributed by atoms with Crippen molar-refractivity contribution in [3.63, 3.8) is 0 Å². The highest BCUT2D eigenvalue weighted by Gasteiger charge is 2.16. The highest BCUT2D eigenvalue weighted by molar-refractivity contribution is 6.34. The van der Waals surface area contributed by atoms with E-state index in [-0.39, 0.29) is 18.1 Å². The number of hydrogen-bond donors (Lipinski definition) is 0. The van der Waals surface area contributed by atoms with E-state index in [1.165, 1.54) is 0 Å². The summed E-state index contributed by atoms with van der Waals surface area (Å²) in [5.41, 5.74) is 4.62. The fourth-order valence-electron chi connectivity index (χ4n) is 2.90.